The zero-order chi connectivity index (χ0) is 5.54. The second kappa shape index (κ2) is 6.17. The van der Waals surface area contributed by atoms with E-state index in [2.05, 4.69) is 22.2 Å². The largest absolute Gasteiger partial charge is 0.114 e. The monoisotopic (exact) mass is 116 g/mol. The summed E-state index contributed by atoms with van der Waals surface area (Å²) in [5.41, 5.74) is 0. The first-order valence-electron chi connectivity index (χ1n) is 2.78. The minimum Gasteiger partial charge on any atom is -0.114 e. The average Bonchev–Trinajstić information content (AvgIpc) is 1.69. The van der Waals surface area contributed by atoms with E-state index >= 15 is 0 Å². The van der Waals surface area contributed by atoms with Crippen molar-refractivity contribution in [3.05, 3.63) is 11.9 Å². The summed E-state index contributed by atoms with van der Waals surface area (Å²) in [5.74, 6) is 2.02. The summed E-state index contributed by atoms with van der Waals surface area (Å²) in [5, 5.41) is 0. The van der Waals surface area contributed by atoms with Gasteiger partial charge in [0.1, 0.15) is 0 Å². The van der Waals surface area contributed by atoms with Crippen LogP contribution < -0.4 is 0 Å². The number of unbranched alkanes of at least 4 members (excludes halogenated alkanes) is 2. The molecule has 42 valence electrons. The highest BCUT2D eigenvalue weighted by atomic mass is 31.0. The third kappa shape index (κ3) is 6.17. The Morgan fingerprint density at radius 2 is 2.29 bits per heavy atom. The van der Waals surface area contributed by atoms with E-state index in [0.717, 1.165) is 0 Å². The van der Waals surface area contributed by atoms with E-state index in [0.29, 0.717) is 0 Å². The van der Waals surface area contributed by atoms with Crippen molar-refractivity contribution in [3.63, 3.8) is 0 Å². The van der Waals surface area contributed by atoms with Crippen molar-refractivity contribution >= 4 is 9.24 Å². The van der Waals surface area contributed by atoms with Crippen molar-refractivity contribution < 1.29 is 0 Å². The summed E-state index contributed by atoms with van der Waals surface area (Å²) in [6.07, 6.45) is 6.04. The molecule has 1 atom stereocenters. The molecular weight excluding hydrogens is 103 g/mol. The maximum Gasteiger partial charge on any atom is -0.0347 e. The van der Waals surface area contributed by atoms with Crippen LogP contribution in [-0.4, -0.2) is 0 Å². The Bertz CT molecular complexity index is 48.1. The van der Waals surface area contributed by atoms with E-state index in [1.807, 2.05) is 5.82 Å². The Kier molecular flexibility index (Phi) is 6.32. The molecule has 0 aromatic carbocycles. The molecule has 0 saturated carbocycles. The van der Waals surface area contributed by atoms with Gasteiger partial charge in [-0.1, -0.05) is 31.7 Å². The third-order valence-corrected chi connectivity index (χ3v) is 1.13. The van der Waals surface area contributed by atoms with Gasteiger partial charge in [0.2, 0.25) is 0 Å². The minimum absolute atomic E-state index is 1.24. The van der Waals surface area contributed by atoms with Gasteiger partial charge in [-0.3, -0.25) is 0 Å². The number of hydrogen-bond donors (Lipinski definition) is 0. The quantitative estimate of drug-likeness (QED) is 0.392. The van der Waals surface area contributed by atoms with Gasteiger partial charge in [-0.2, -0.15) is 0 Å². The summed E-state index contributed by atoms with van der Waals surface area (Å²) in [4.78, 5) is 0. The molecule has 0 bridgehead atoms. The first-order chi connectivity index (χ1) is 3.41. The first kappa shape index (κ1) is 7.17. The molecule has 0 amide bonds. The van der Waals surface area contributed by atoms with Crippen molar-refractivity contribution in [2.75, 3.05) is 0 Å². The number of allylic oxidation sites excluding steroid dienone is 1. The fourth-order valence-corrected chi connectivity index (χ4v) is 0.611. The lowest BCUT2D eigenvalue weighted by Gasteiger charge is -1.83. The van der Waals surface area contributed by atoms with Crippen molar-refractivity contribution in [1.82, 2.24) is 0 Å². The Balaban J connectivity index is 2.69. The fraction of sp³-hybridized carbons (Fsp3) is 0.667. The maximum atomic E-state index is 2.57. The third-order valence-electron chi connectivity index (χ3n) is 0.860. The molecule has 0 fully saturated rings. The highest BCUT2D eigenvalue weighted by Crippen LogP contribution is 1.95. The number of hydrogen-bond acceptors (Lipinski definition) is 0. The van der Waals surface area contributed by atoms with Crippen LogP contribution in [0.4, 0.5) is 0 Å². The van der Waals surface area contributed by atoms with E-state index in [1.54, 1.807) is 0 Å². The first-order valence-corrected chi connectivity index (χ1v) is 3.45. The van der Waals surface area contributed by atoms with E-state index in [1.165, 1.54) is 19.3 Å². The second-order valence-corrected chi connectivity index (χ2v) is 1.96. The zero-order valence-electron chi connectivity index (χ0n) is 4.85. The highest BCUT2D eigenvalue weighted by molar-refractivity contribution is 7.20. The van der Waals surface area contributed by atoms with E-state index in [9.17, 15) is 0 Å². The standard InChI is InChI=1S/C6H13P/c1-2-3-4-5-6-7/h5-6H,2-4,7H2,1H3/b6-5+. The molecule has 0 aliphatic rings. The van der Waals surface area contributed by atoms with E-state index in [4.69, 9.17) is 0 Å². The number of rotatable bonds is 3. The van der Waals surface area contributed by atoms with Gasteiger partial charge in [-0.05, 0) is 6.42 Å². The molecule has 0 radical (unpaired) electrons. The molecule has 0 aliphatic carbocycles. The molecule has 7 heavy (non-hydrogen) atoms. The molecule has 0 aliphatic heterocycles. The van der Waals surface area contributed by atoms with Gasteiger partial charge in [0, 0.05) is 0 Å². The van der Waals surface area contributed by atoms with Crippen LogP contribution >= 0.6 is 9.24 Å². The predicted molar refractivity (Wildman–Crippen MR) is 38.4 cm³/mol. The van der Waals surface area contributed by atoms with Crippen LogP contribution in [0.3, 0.4) is 0 Å². The van der Waals surface area contributed by atoms with Crippen molar-refractivity contribution in [3.8, 4) is 0 Å². The average molecular weight is 116 g/mol. The van der Waals surface area contributed by atoms with Crippen molar-refractivity contribution in [2.45, 2.75) is 26.2 Å². The normalized spacial score (nSPS) is 10.6. The summed E-state index contributed by atoms with van der Waals surface area (Å²) < 4.78 is 0. The maximum absolute atomic E-state index is 2.57. The van der Waals surface area contributed by atoms with Crippen LogP contribution in [0.25, 0.3) is 0 Å². The van der Waals surface area contributed by atoms with Crippen LogP contribution in [0.1, 0.15) is 26.2 Å². The molecule has 1 unspecified atom stereocenters. The Morgan fingerprint density at radius 1 is 1.57 bits per heavy atom. The fourth-order valence-electron chi connectivity index (χ4n) is 0.418. The van der Waals surface area contributed by atoms with Gasteiger partial charge in [0.05, 0.1) is 0 Å². The molecule has 0 heterocycles. The van der Waals surface area contributed by atoms with Crippen LogP contribution in [0.5, 0.6) is 0 Å². The lowest BCUT2D eigenvalue weighted by molar-refractivity contribution is 0.815. The molecule has 0 nitrogen and oxygen atoms in total. The Labute approximate surface area is 48.2 Å². The van der Waals surface area contributed by atoms with Crippen molar-refractivity contribution in [1.29, 1.82) is 0 Å². The van der Waals surface area contributed by atoms with Gasteiger partial charge in [0.25, 0.3) is 0 Å². The van der Waals surface area contributed by atoms with Gasteiger partial charge < -0.3 is 0 Å². The summed E-state index contributed by atoms with van der Waals surface area (Å²) in [7, 11) is 2.57. The lowest BCUT2D eigenvalue weighted by atomic mass is 10.2. The summed E-state index contributed by atoms with van der Waals surface area (Å²) in [6, 6.07) is 0. The second-order valence-electron chi connectivity index (χ2n) is 1.57. The van der Waals surface area contributed by atoms with Crippen LogP contribution in [-0.2, 0) is 0 Å². The van der Waals surface area contributed by atoms with E-state index < -0.39 is 0 Å². The molecule has 1 heteroatoms. The molecule has 0 spiro atoms. The van der Waals surface area contributed by atoms with Gasteiger partial charge >= 0.3 is 0 Å². The highest BCUT2D eigenvalue weighted by Gasteiger charge is 1.73. The Hall–Kier alpha value is 0.170. The molecule has 0 saturated heterocycles. The molecule has 0 N–H and O–H groups in total. The van der Waals surface area contributed by atoms with Gasteiger partial charge in [-0.25, -0.2) is 0 Å². The smallest absolute Gasteiger partial charge is 0.0347 e. The zero-order valence-corrected chi connectivity index (χ0v) is 6.01. The van der Waals surface area contributed by atoms with Gasteiger partial charge in [-0.15, -0.1) is 9.24 Å². The molecule has 0 rings (SSSR count). The predicted octanol–water partition coefficient (Wildman–Crippen LogP) is 2.57. The summed E-state index contributed by atoms with van der Waals surface area (Å²) >= 11 is 0. The van der Waals surface area contributed by atoms with Crippen LogP contribution in [0.2, 0.25) is 0 Å². The minimum atomic E-state index is 1.24. The van der Waals surface area contributed by atoms with Crippen LogP contribution in [0, 0.1) is 0 Å². The molecular formula is C6H13P. The lowest BCUT2D eigenvalue weighted by Crippen LogP contribution is -1.62. The summed E-state index contributed by atoms with van der Waals surface area (Å²) in [6.45, 7) is 2.21. The molecule has 0 aromatic rings. The molecule has 0 aromatic heterocycles. The van der Waals surface area contributed by atoms with Crippen LogP contribution in [0.15, 0.2) is 11.9 Å². The van der Waals surface area contributed by atoms with Crippen molar-refractivity contribution in [2.24, 2.45) is 0 Å². The SMILES string of the molecule is CCCC/C=C/P. The topological polar surface area (TPSA) is 0 Å². The van der Waals surface area contributed by atoms with E-state index in [-0.39, 0.29) is 0 Å². The Morgan fingerprint density at radius 3 is 2.71 bits per heavy atom. The van der Waals surface area contributed by atoms with Gasteiger partial charge in [0.15, 0.2) is 0 Å².